The highest BCUT2D eigenvalue weighted by molar-refractivity contribution is 5.89. The Kier molecular flexibility index (Phi) is 6.28. The van der Waals surface area contributed by atoms with Crippen molar-refractivity contribution in [1.82, 2.24) is 9.80 Å². The number of nitrogens with one attached hydrogen (secondary N) is 1. The highest BCUT2D eigenvalue weighted by atomic mass is 16.2. The fourth-order valence-electron chi connectivity index (χ4n) is 3.06. The Hall–Kier alpha value is -2.24. The van der Waals surface area contributed by atoms with Crippen LogP contribution in [0.15, 0.2) is 24.3 Å². The number of anilines is 2. The van der Waals surface area contributed by atoms with Crippen molar-refractivity contribution in [3.05, 3.63) is 24.3 Å². The van der Waals surface area contributed by atoms with Gasteiger partial charge in [-0.3, -0.25) is 4.79 Å². The van der Waals surface area contributed by atoms with E-state index in [0.717, 1.165) is 30.9 Å². The summed E-state index contributed by atoms with van der Waals surface area (Å²) in [4.78, 5) is 29.6. The molecule has 0 spiro atoms. The molecule has 1 aromatic rings. The second-order valence-electron chi connectivity index (χ2n) is 7.19. The number of likely N-dealkylation sites (tertiary alicyclic amines) is 1. The van der Waals surface area contributed by atoms with Crippen LogP contribution < -0.4 is 10.2 Å². The molecular formula is C19H30N4O2. The van der Waals surface area contributed by atoms with Crippen LogP contribution in [0.1, 0.15) is 27.2 Å². The molecule has 6 heteroatoms. The van der Waals surface area contributed by atoms with Gasteiger partial charge in [-0.05, 0) is 44.4 Å². The maximum Gasteiger partial charge on any atom is 0.321 e. The van der Waals surface area contributed by atoms with Crippen LogP contribution in [0.25, 0.3) is 0 Å². The van der Waals surface area contributed by atoms with Crippen LogP contribution in [0, 0.1) is 5.92 Å². The molecule has 1 heterocycles. The SMILES string of the molecule is CC(=O)N1CC[C@H](CN(C)C(=O)Nc2cccc(N(C)C(C)C)c2)C1. The molecule has 0 saturated carbocycles. The average Bonchev–Trinajstić information content (AvgIpc) is 3.03. The Labute approximate surface area is 150 Å². The molecule has 1 fully saturated rings. The lowest BCUT2D eigenvalue weighted by Crippen LogP contribution is -2.36. The minimum Gasteiger partial charge on any atom is -0.372 e. The maximum atomic E-state index is 12.5. The number of rotatable bonds is 5. The summed E-state index contributed by atoms with van der Waals surface area (Å²) in [6, 6.07) is 8.14. The largest absolute Gasteiger partial charge is 0.372 e. The van der Waals surface area contributed by atoms with Gasteiger partial charge in [0.25, 0.3) is 0 Å². The Morgan fingerprint density at radius 1 is 1.32 bits per heavy atom. The van der Waals surface area contributed by atoms with Gasteiger partial charge in [0.2, 0.25) is 5.91 Å². The van der Waals surface area contributed by atoms with Crippen molar-refractivity contribution in [3.8, 4) is 0 Å². The van der Waals surface area contributed by atoms with Gasteiger partial charge >= 0.3 is 6.03 Å². The summed E-state index contributed by atoms with van der Waals surface area (Å²) in [7, 11) is 3.84. The molecule has 138 valence electrons. The first-order valence-electron chi connectivity index (χ1n) is 8.88. The van der Waals surface area contributed by atoms with Gasteiger partial charge in [-0.15, -0.1) is 0 Å². The summed E-state index contributed by atoms with van der Waals surface area (Å²) in [6.07, 6.45) is 0.950. The van der Waals surface area contributed by atoms with Gasteiger partial charge in [-0.2, -0.15) is 0 Å². The Balaban J connectivity index is 1.91. The van der Waals surface area contributed by atoms with Crippen molar-refractivity contribution in [2.45, 2.75) is 33.2 Å². The first kappa shape index (κ1) is 19.1. The van der Waals surface area contributed by atoms with Gasteiger partial charge in [-0.1, -0.05) is 6.07 Å². The van der Waals surface area contributed by atoms with Crippen molar-refractivity contribution < 1.29 is 9.59 Å². The fraction of sp³-hybridized carbons (Fsp3) is 0.579. The maximum absolute atomic E-state index is 12.5. The lowest BCUT2D eigenvalue weighted by Gasteiger charge is -2.25. The molecule has 3 amide bonds. The molecule has 1 aliphatic heterocycles. The summed E-state index contributed by atoms with van der Waals surface area (Å²) < 4.78 is 0. The van der Waals surface area contributed by atoms with Crippen LogP contribution in [-0.2, 0) is 4.79 Å². The molecular weight excluding hydrogens is 316 g/mol. The molecule has 0 bridgehead atoms. The number of benzene rings is 1. The lowest BCUT2D eigenvalue weighted by molar-refractivity contribution is -0.127. The standard InChI is InChI=1S/C19H30N4O2/c1-14(2)22(5)18-8-6-7-17(11-18)20-19(25)21(4)12-16-9-10-23(13-16)15(3)24/h6-8,11,14,16H,9-10,12-13H2,1-5H3,(H,20,25)/t16-/m1/s1. The molecule has 1 atom stereocenters. The molecule has 1 aromatic carbocycles. The number of hydrogen-bond acceptors (Lipinski definition) is 3. The van der Waals surface area contributed by atoms with E-state index in [-0.39, 0.29) is 11.9 Å². The molecule has 6 nitrogen and oxygen atoms in total. The number of urea groups is 1. The monoisotopic (exact) mass is 346 g/mol. The summed E-state index contributed by atoms with van der Waals surface area (Å²) in [5.41, 5.74) is 1.86. The zero-order chi connectivity index (χ0) is 18.6. The summed E-state index contributed by atoms with van der Waals surface area (Å²) in [5, 5.41) is 2.96. The third kappa shape index (κ3) is 5.11. The molecule has 1 aliphatic rings. The zero-order valence-corrected chi connectivity index (χ0v) is 16.0. The average molecular weight is 346 g/mol. The predicted octanol–water partition coefficient (Wildman–Crippen LogP) is 2.86. The van der Waals surface area contributed by atoms with Gasteiger partial charge in [0.15, 0.2) is 0 Å². The summed E-state index contributed by atoms with van der Waals surface area (Å²) >= 11 is 0. The molecule has 1 N–H and O–H groups in total. The second-order valence-corrected chi connectivity index (χ2v) is 7.19. The lowest BCUT2D eigenvalue weighted by atomic mass is 10.1. The Morgan fingerprint density at radius 3 is 2.64 bits per heavy atom. The first-order chi connectivity index (χ1) is 11.8. The summed E-state index contributed by atoms with van der Waals surface area (Å²) in [6.45, 7) is 8.04. The normalized spacial score (nSPS) is 16.9. The predicted molar refractivity (Wildman–Crippen MR) is 102 cm³/mol. The third-order valence-corrected chi connectivity index (χ3v) is 4.89. The second kappa shape index (κ2) is 8.23. The highest BCUT2D eigenvalue weighted by Gasteiger charge is 2.26. The van der Waals surface area contributed by atoms with Crippen LogP contribution in [0.4, 0.5) is 16.2 Å². The number of amides is 3. The molecule has 0 aliphatic carbocycles. The topological polar surface area (TPSA) is 55.9 Å². The van der Waals surface area contributed by atoms with Gasteiger partial charge in [0.1, 0.15) is 0 Å². The van der Waals surface area contributed by atoms with Gasteiger partial charge in [-0.25, -0.2) is 4.79 Å². The minimum atomic E-state index is -0.120. The van der Waals surface area contributed by atoms with Gasteiger partial charge in [0, 0.05) is 58.1 Å². The van der Waals surface area contributed by atoms with Crippen LogP contribution >= 0.6 is 0 Å². The van der Waals surface area contributed by atoms with E-state index in [2.05, 4.69) is 24.1 Å². The molecule has 0 unspecified atom stereocenters. The van der Waals surface area contributed by atoms with Gasteiger partial charge < -0.3 is 20.0 Å². The number of carbonyl (C=O) groups excluding carboxylic acids is 2. The first-order valence-corrected chi connectivity index (χ1v) is 8.88. The van der Waals surface area contributed by atoms with Crippen LogP contribution in [0.3, 0.4) is 0 Å². The summed E-state index contributed by atoms with van der Waals surface area (Å²) in [5.74, 6) is 0.457. The van der Waals surface area contributed by atoms with Crippen LogP contribution in [0.5, 0.6) is 0 Å². The van der Waals surface area contributed by atoms with E-state index < -0.39 is 0 Å². The number of hydrogen-bond donors (Lipinski definition) is 1. The van der Waals surface area contributed by atoms with E-state index >= 15 is 0 Å². The van der Waals surface area contributed by atoms with E-state index in [1.54, 1.807) is 18.9 Å². The number of nitrogens with zero attached hydrogens (tertiary/aromatic N) is 3. The van der Waals surface area contributed by atoms with E-state index in [0.29, 0.717) is 18.5 Å². The van der Waals surface area contributed by atoms with Crippen molar-refractivity contribution in [2.75, 3.05) is 43.9 Å². The van der Waals surface area contributed by atoms with Crippen molar-refractivity contribution >= 4 is 23.3 Å². The smallest absolute Gasteiger partial charge is 0.321 e. The zero-order valence-electron chi connectivity index (χ0n) is 16.0. The van der Waals surface area contributed by atoms with Crippen molar-refractivity contribution in [3.63, 3.8) is 0 Å². The molecule has 25 heavy (non-hydrogen) atoms. The van der Waals surface area contributed by atoms with E-state index in [9.17, 15) is 9.59 Å². The highest BCUT2D eigenvalue weighted by Crippen LogP contribution is 2.21. The Morgan fingerprint density at radius 2 is 2.04 bits per heavy atom. The van der Waals surface area contributed by atoms with E-state index in [4.69, 9.17) is 0 Å². The van der Waals surface area contributed by atoms with E-state index in [1.165, 1.54) is 0 Å². The third-order valence-electron chi connectivity index (χ3n) is 4.89. The van der Waals surface area contributed by atoms with Crippen molar-refractivity contribution in [2.24, 2.45) is 5.92 Å². The number of carbonyl (C=O) groups is 2. The molecule has 2 rings (SSSR count). The minimum absolute atomic E-state index is 0.112. The molecule has 1 saturated heterocycles. The molecule has 0 aromatic heterocycles. The van der Waals surface area contributed by atoms with Gasteiger partial charge in [0.05, 0.1) is 0 Å². The molecule has 0 radical (unpaired) electrons. The van der Waals surface area contributed by atoms with Crippen LogP contribution in [-0.4, -0.2) is 61.5 Å². The Bertz CT molecular complexity index is 617. The van der Waals surface area contributed by atoms with Crippen LogP contribution in [0.2, 0.25) is 0 Å². The van der Waals surface area contributed by atoms with Crippen molar-refractivity contribution in [1.29, 1.82) is 0 Å². The fourth-order valence-corrected chi connectivity index (χ4v) is 3.06. The van der Waals surface area contributed by atoms with E-state index in [1.807, 2.05) is 36.2 Å². The quantitative estimate of drug-likeness (QED) is 0.892.